The molecule has 0 amide bonds. The van der Waals surface area contributed by atoms with Crippen molar-refractivity contribution in [1.29, 1.82) is 0 Å². The first-order valence-corrected chi connectivity index (χ1v) is 7.89. The van der Waals surface area contributed by atoms with Crippen LogP contribution in [0.3, 0.4) is 0 Å². The van der Waals surface area contributed by atoms with E-state index in [4.69, 9.17) is 4.43 Å². The van der Waals surface area contributed by atoms with Gasteiger partial charge in [-0.1, -0.05) is 26.8 Å². The molecule has 0 saturated carbocycles. The summed E-state index contributed by atoms with van der Waals surface area (Å²) in [5.41, 5.74) is 0. The van der Waals surface area contributed by atoms with Crippen molar-refractivity contribution in [1.82, 2.24) is 0 Å². The van der Waals surface area contributed by atoms with Gasteiger partial charge in [0.2, 0.25) is 0 Å². The summed E-state index contributed by atoms with van der Waals surface area (Å²) < 4.78 is 5.98. The third-order valence-corrected chi connectivity index (χ3v) is 7.35. The Bertz CT molecular complexity index is 204. The van der Waals surface area contributed by atoms with Crippen molar-refractivity contribution in [3.05, 3.63) is 12.7 Å². The number of aldehydes is 1. The van der Waals surface area contributed by atoms with Crippen LogP contribution in [0, 0.1) is 0 Å². The van der Waals surface area contributed by atoms with Gasteiger partial charge in [0.15, 0.2) is 8.32 Å². The minimum atomic E-state index is -1.76. The van der Waals surface area contributed by atoms with E-state index in [0.717, 1.165) is 6.29 Å². The lowest BCUT2D eigenvalue weighted by Crippen LogP contribution is -2.43. The SMILES string of the molecule is C=C[C@H](CC=O)O[Si](C)(C)C(C)(C)C. The molecule has 2 nitrogen and oxygen atoms in total. The molecule has 0 spiro atoms. The molecule has 0 aliphatic carbocycles. The molecule has 1 atom stereocenters. The lowest BCUT2D eigenvalue weighted by atomic mass is 10.2. The third-order valence-electron chi connectivity index (χ3n) is 2.84. The molecule has 0 radical (unpaired) electrons. The highest BCUT2D eigenvalue weighted by Gasteiger charge is 2.38. The highest BCUT2D eigenvalue weighted by atomic mass is 28.4. The van der Waals surface area contributed by atoms with Gasteiger partial charge in [-0.3, -0.25) is 0 Å². The van der Waals surface area contributed by atoms with Crippen LogP contribution < -0.4 is 0 Å². The summed E-state index contributed by atoms with van der Waals surface area (Å²) in [4.78, 5) is 10.4. The van der Waals surface area contributed by atoms with Gasteiger partial charge in [-0.25, -0.2) is 0 Å². The van der Waals surface area contributed by atoms with Crippen LogP contribution in [0.2, 0.25) is 18.1 Å². The average Bonchev–Trinajstić information content (AvgIpc) is 2.01. The molecule has 82 valence electrons. The molecule has 0 saturated heterocycles. The smallest absolute Gasteiger partial charge is 0.192 e. The molecule has 0 heterocycles. The summed E-state index contributed by atoms with van der Waals surface area (Å²) in [5.74, 6) is 0. The molecule has 0 fully saturated rings. The second kappa shape index (κ2) is 4.89. The third kappa shape index (κ3) is 3.76. The first-order chi connectivity index (χ1) is 6.24. The van der Waals surface area contributed by atoms with Crippen molar-refractivity contribution < 1.29 is 9.22 Å². The highest BCUT2D eigenvalue weighted by molar-refractivity contribution is 6.74. The Morgan fingerprint density at radius 3 is 2.21 bits per heavy atom. The lowest BCUT2D eigenvalue weighted by Gasteiger charge is -2.38. The fraction of sp³-hybridized carbons (Fsp3) is 0.727. The van der Waals surface area contributed by atoms with E-state index < -0.39 is 8.32 Å². The summed E-state index contributed by atoms with van der Waals surface area (Å²) in [5, 5.41) is 0.178. The molecule has 0 aliphatic rings. The summed E-state index contributed by atoms with van der Waals surface area (Å²) >= 11 is 0. The van der Waals surface area contributed by atoms with Crippen LogP contribution in [-0.4, -0.2) is 20.7 Å². The Kier molecular flexibility index (Phi) is 4.75. The predicted molar refractivity (Wildman–Crippen MR) is 62.9 cm³/mol. The summed E-state index contributed by atoms with van der Waals surface area (Å²) in [7, 11) is -1.76. The number of carbonyl (C=O) groups excluding carboxylic acids is 1. The van der Waals surface area contributed by atoms with Crippen LogP contribution in [-0.2, 0) is 9.22 Å². The van der Waals surface area contributed by atoms with Crippen molar-refractivity contribution in [3.63, 3.8) is 0 Å². The van der Waals surface area contributed by atoms with Crippen molar-refractivity contribution in [3.8, 4) is 0 Å². The Labute approximate surface area is 88.5 Å². The zero-order chi connectivity index (χ0) is 11.4. The van der Waals surface area contributed by atoms with Gasteiger partial charge in [-0.2, -0.15) is 0 Å². The Morgan fingerprint density at radius 1 is 1.43 bits per heavy atom. The summed E-state index contributed by atoms with van der Waals surface area (Å²) in [6.07, 6.45) is 2.90. The Hall–Kier alpha value is -0.413. The maximum atomic E-state index is 10.4. The van der Waals surface area contributed by atoms with Crippen LogP contribution in [0.5, 0.6) is 0 Å². The second-order valence-corrected chi connectivity index (χ2v) is 9.81. The fourth-order valence-electron chi connectivity index (χ4n) is 0.843. The molecular formula is C11H22O2Si. The molecule has 0 rings (SSSR count). The van der Waals surface area contributed by atoms with Gasteiger partial charge in [0, 0.05) is 6.42 Å². The van der Waals surface area contributed by atoms with Gasteiger partial charge in [0.1, 0.15) is 6.29 Å². The van der Waals surface area contributed by atoms with Crippen LogP contribution >= 0.6 is 0 Å². The van der Waals surface area contributed by atoms with E-state index in [1.54, 1.807) is 6.08 Å². The van der Waals surface area contributed by atoms with Crippen LogP contribution in [0.4, 0.5) is 0 Å². The Morgan fingerprint density at radius 2 is 1.93 bits per heavy atom. The maximum Gasteiger partial charge on any atom is 0.192 e. The second-order valence-electron chi connectivity index (χ2n) is 5.05. The molecule has 0 bridgehead atoms. The largest absolute Gasteiger partial charge is 0.410 e. The van der Waals surface area contributed by atoms with E-state index in [1.807, 2.05) is 0 Å². The van der Waals surface area contributed by atoms with Crippen LogP contribution in [0.25, 0.3) is 0 Å². The molecule has 0 aromatic carbocycles. The molecule has 0 aromatic rings. The molecule has 0 N–H and O–H groups in total. The zero-order valence-corrected chi connectivity index (χ0v) is 11.0. The first kappa shape index (κ1) is 13.6. The molecule has 3 heteroatoms. The first-order valence-electron chi connectivity index (χ1n) is 4.98. The summed E-state index contributed by atoms with van der Waals surface area (Å²) in [6.45, 7) is 14.6. The highest BCUT2D eigenvalue weighted by Crippen LogP contribution is 2.37. The number of hydrogen-bond donors (Lipinski definition) is 0. The van der Waals surface area contributed by atoms with Crippen molar-refractivity contribution in [2.45, 2.75) is 51.4 Å². The standard InChI is InChI=1S/C11H22O2Si/c1-7-10(8-9-12)13-14(5,6)11(2,3)4/h7,9-10H,1,8H2,2-6H3/t10-/m1/s1. The number of carbonyl (C=O) groups is 1. The van der Waals surface area contributed by atoms with Gasteiger partial charge in [0.05, 0.1) is 6.10 Å². The molecule has 14 heavy (non-hydrogen) atoms. The van der Waals surface area contributed by atoms with E-state index in [9.17, 15) is 4.79 Å². The molecule has 0 aliphatic heterocycles. The monoisotopic (exact) mass is 214 g/mol. The van der Waals surface area contributed by atoms with E-state index in [0.29, 0.717) is 6.42 Å². The predicted octanol–water partition coefficient (Wildman–Crippen LogP) is 3.15. The van der Waals surface area contributed by atoms with Gasteiger partial charge < -0.3 is 9.22 Å². The van der Waals surface area contributed by atoms with Gasteiger partial charge in [-0.05, 0) is 18.1 Å². The van der Waals surface area contributed by atoms with E-state index in [1.165, 1.54) is 0 Å². The summed E-state index contributed by atoms with van der Waals surface area (Å²) in [6, 6.07) is 0. The van der Waals surface area contributed by atoms with E-state index >= 15 is 0 Å². The van der Waals surface area contributed by atoms with Crippen molar-refractivity contribution >= 4 is 14.6 Å². The molecule has 0 unspecified atom stereocenters. The Balaban J connectivity index is 4.46. The fourth-order valence-corrected chi connectivity index (χ4v) is 2.15. The molecular weight excluding hydrogens is 192 g/mol. The van der Waals surface area contributed by atoms with Crippen molar-refractivity contribution in [2.24, 2.45) is 0 Å². The minimum absolute atomic E-state index is 0.117. The maximum absolute atomic E-state index is 10.4. The van der Waals surface area contributed by atoms with Gasteiger partial charge >= 0.3 is 0 Å². The lowest BCUT2D eigenvalue weighted by molar-refractivity contribution is -0.108. The van der Waals surface area contributed by atoms with E-state index in [2.05, 4.69) is 40.4 Å². The zero-order valence-electron chi connectivity index (χ0n) is 9.96. The van der Waals surface area contributed by atoms with Gasteiger partial charge in [0.25, 0.3) is 0 Å². The quantitative estimate of drug-likeness (QED) is 0.399. The number of rotatable bonds is 5. The topological polar surface area (TPSA) is 26.3 Å². The van der Waals surface area contributed by atoms with E-state index in [-0.39, 0.29) is 11.1 Å². The average molecular weight is 214 g/mol. The van der Waals surface area contributed by atoms with Crippen LogP contribution in [0.15, 0.2) is 12.7 Å². The van der Waals surface area contributed by atoms with Crippen LogP contribution in [0.1, 0.15) is 27.2 Å². The minimum Gasteiger partial charge on any atom is -0.410 e. The van der Waals surface area contributed by atoms with Gasteiger partial charge in [-0.15, -0.1) is 6.58 Å². The molecule has 0 aromatic heterocycles. The van der Waals surface area contributed by atoms with Crippen molar-refractivity contribution in [2.75, 3.05) is 0 Å². The number of hydrogen-bond acceptors (Lipinski definition) is 2. The normalized spacial score (nSPS) is 14.9.